The van der Waals surface area contributed by atoms with E-state index in [1.165, 1.54) is 6.42 Å². The second-order valence-corrected chi connectivity index (χ2v) is 8.10. The molecule has 2 unspecified atom stereocenters. The van der Waals surface area contributed by atoms with Crippen molar-refractivity contribution >= 4 is 17.0 Å². The molecular formula is C22H24N4O5. The standard InChI is InChI=1S/C22H24N4O5/c1-13-17(19(27)23-10-16-11-25-9-5-8-15(25)12-30-16)18-20(31-13)24-22(29)26(21(18)28)14-6-3-2-4-7-14/h2-4,6-7,15-16H,5,8-12H2,1H3,(H,23,27)(H,24,29). The van der Waals surface area contributed by atoms with Gasteiger partial charge in [0.2, 0.25) is 5.71 Å². The third-order valence-corrected chi connectivity index (χ3v) is 6.12. The number of furan rings is 1. The number of amides is 1. The summed E-state index contributed by atoms with van der Waals surface area (Å²) >= 11 is 0. The number of carbonyl (C=O) groups excluding carboxylic acids is 1. The fourth-order valence-corrected chi connectivity index (χ4v) is 4.58. The van der Waals surface area contributed by atoms with Gasteiger partial charge in [-0.2, -0.15) is 0 Å². The molecule has 1 amide bonds. The number of H-pyrrole nitrogens is 1. The summed E-state index contributed by atoms with van der Waals surface area (Å²) in [4.78, 5) is 43.7. The third-order valence-electron chi connectivity index (χ3n) is 6.12. The summed E-state index contributed by atoms with van der Waals surface area (Å²) in [6.07, 6.45) is 2.24. The number of rotatable bonds is 4. The van der Waals surface area contributed by atoms with Gasteiger partial charge in [0, 0.05) is 19.1 Å². The van der Waals surface area contributed by atoms with Crippen molar-refractivity contribution in [2.24, 2.45) is 0 Å². The van der Waals surface area contributed by atoms with Crippen molar-refractivity contribution < 1.29 is 13.9 Å². The van der Waals surface area contributed by atoms with Crippen molar-refractivity contribution in [3.05, 3.63) is 62.5 Å². The predicted octanol–water partition coefficient (Wildman–Crippen LogP) is 1.17. The Kier molecular flexibility index (Phi) is 4.99. The van der Waals surface area contributed by atoms with Gasteiger partial charge < -0.3 is 14.5 Å². The zero-order valence-electron chi connectivity index (χ0n) is 17.2. The molecule has 0 aliphatic carbocycles. The van der Waals surface area contributed by atoms with Crippen LogP contribution < -0.4 is 16.6 Å². The number of aromatic amines is 1. The van der Waals surface area contributed by atoms with E-state index in [1.54, 1.807) is 37.3 Å². The maximum Gasteiger partial charge on any atom is 0.335 e. The SMILES string of the molecule is Cc1oc2[nH]c(=O)n(-c3ccccc3)c(=O)c2c1C(=O)NCC1CN2CCCC2CO1. The lowest BCUT2D eigenvalue weighted by atomic mass is 10.1. The maximum atomic E-state index is 13.2. The summed E-state index contributed by atoms with van der Waals surface area (Å²) in [5, 5.41) is 2.94. The number of aromatic nitrogens is 2. The Labute approximate surface area is 177 Å². The Hall–Kier alpha value is -3.17. The molecule has 1 aromatic carbocycles. The van der Waals surface area contributed by atoms with Gasteiger partial charge in [0.15, 0.2) is 0 Å². The first-order valence-electron chi connectivity index (χ1n) is 10.5. The Morgan fingerprint density at radius 3 is 2.87 bits per heavy atom. The molecule has 0 radical (unpaired) electrons. The van der Waals surface area contributed by atoms with Gasteiger partial charge in [-0.15, -0.1) is 0 Å². The summed E-state index contributed by atoms with van der Waals surface area (Å²) in [5.74, 6) is -0.151. The van der Waals surface area contributed by atoms with Crippen LogP contribution in [-0.4, -0.2) is 58.7 Å². The number of carbonyl (C=O) groups is 1. The number of morpholine rings is 1. The van der Waals surface area contributed by atoms with Gasteiger partial charge in [0.25, 0.3) is 11.5 Å². The molecule has 2 saturated heterocycles. The maximum absolute atomic E-state index is 13.2. The van der Waals surface area contributed by atoms with Crippen LogP contribution in [0.15, 0.2) is 44.3 Å². The molecular weight excluding hydrogens is 400 g/mol. The van der Waals surface area contributed by atoms with E-state index in [1.807, 2.05) is 0 Å². The number of nitrogens with one attached hydrogen (secondary N) is 2. The second-order valence-electron chi connectivity index (χ2n) is 8.10. The molecule has 9 heteroatoms. The smallest absolute Gasteiger partial charge is 0.335 e. The lowest BCUT2D eigenvalue weighted by Crippen LogP contribution is -2.50. The topological polar surface area (TPSA) is 110 Å². The van der Waals surface area contributed by atoms with Crippen LogP contribution >= 0.6 is 0 Å². The molecule has 2 fully saturated rings. The van der Waals surface area contributed by atoms with Gasteiger partial charge in [0.05, 0.1) is 24.0 Å². The number of aryl methyl sites for hydroxylation is 1. The summed E-state index contributed by atoms with van der Waals surface area (Å²) in [5.41, 5.74) is -0.674. The molecule has 4 heterocycles. The molecule has 31 heavy (non-hydrogen) atoms. The fraction of sp³-hybridized carbons (Fsp3) is 0.409. The first kappa shape index (κ1) is 19.8. The zero-order chi connectivity index (χ0) is 21.5. The predicted molar refractivity (Wildman–Crippen MR) is 114 cm³/mol. The highest BCUT2D eigenvalue weighted by atomic mass is 16.5. The number of hydrogen-bond acceptors (Lipinski definition) is 6. The normalized spacial score (nSPS) is 21.3. The molecule has 3 aromatic rings. The first-order valence-corrected chi connectivity index (χ1v) is 10.5. The van der Waals surface area contributed by atoms with Gasteiger partial charge in [-0.05, 0) is 38.4 Å². The zero-order valence-corrected chi connectivity index (χ0v) is 17.2. The Bertz CT molecular complexity index is 1240. The van der Waals surface area contributed by atoms with E-state index in [2.05, 4.69) is 15.2 Å². The van der Waals surface area contributed by atoms with Crippen LogP contribution in [0.1, 0.15) is 29.0 Å². The first-order chi connectivity index (χ1) is 15.0. The van der Waals surface area contributed by atoms with Crippen molar-refractivity contribution in [2.45, 2.75) is 31.9 Å². The highest BCUT2D eigenvalue weighted by Crippen LogP contribution is 2.23. The fourth-order valence-electron chi connectivity index (χ4n) is 4.58. The second kappa shape index (κ2) is 7.82. The average molecular weight is 424 g/mol. The molecule has 5 rings (SSSR count). The van der Waals surface area contributed by atoms with Crippen LogP contribution in [0.4, 0.5) is 0 Å². The summed E-state index contributed by atoms with van der Waals surface area (Å²) in [6, 6.07) is 9.05. The van der Waals surface area contributed by atoms with Crippen molar-refractivity contribution in [3.8, 4) is 5.69 Å². The highest BCUT2D eigenvalue weighted by Gasteiger charge is 2.32. The number of fused-ring (bicyclic) bond motifs is 2. The molecule has 2 N–H and O–H groups in total. The highest BCUT2D eigenvalue weighted by molar-refractivity contribution is 6.06. The molecule has 0 saturated carbocycles. The van der Waals surface area contributed by atoms with Crippen LogP contribution in [0.5, 0.6) is 0 Å². The lowest BCUT2D eigenvalue weighted by Gasteiger charge is -2.35. The van der Waals surface area contributed by atoms with E-state index < -0.39 is 17.2 Å². The van der Waals surface area contributed by atoms with Crippen LogP contribution in [0, 0.1) is 6.92 Å². The molecule has 2 aromatic heterocycles. The molecule has 2 aliphatic heterocycles. The minimum atomic E-state index is -0.625. The molecule has 0 spiro atoms. The number of benzene rings is 1. The van der Waals surface area contributed by atoms with E-state index in [0.29, 0.717) is 24.9 Å². The minimum absolute atomic E-state index is 0.00124. The van der Waals surface area contributed by atoms with Crippen LogP contribution in [0.25, 0.3) is 16.8 Å². The monoisotopic (exact) mass is 424 g/mol. The molecule has 0 bridgehead atoms. The average Bonchev–Trinajstić information content (AvgIpc) is 3.36. The Morgan fingerprint density at radius 1 is 1.26 bits per heavy atom. The van der Waals surface area contributed by atoms with E-state index in [0.717, 1.165) is 24.1 Å². The Balaban J connectivity index is 1.44. The third kappa shape index (κ3) is 3.49. The number of hydrogen-bond donors (Lipinski definition) is 2. The largest absolute Gasteiger partial charge is 0.444 e. The van der Waals surface area contributed by atoms with Crippen molar-refractivity contribution in [1.29, 1.82) is 0 Å². The quantitative estimate of drug-likeness (QED) is 0.651. The van der Waals surface area contributed by atoms with Gasteiger partial charge in [-0.3, -0.25) is 19.5 Å². The van der Waals surface area contributed by atoms with Gasteiger partial charge in [-0.1, -0.05) is 18.2 Å². The van der Waals surface area contributed by atoms with Crippen molar-refractivity contribution in [2.75, 3.05) is 26.2 Å². The number of nitrogens with zero attached hydrogens (tertiary/aromatic N) is 2. The van der Waals surface area contributed by atoms with E-state index in [-0.39, 0.29) is 28.5 Å². The summed E-state index contributed by atoms with van der Waals surface area (Å²) in [6.45, 7) is 4.47. The van der Waals surface area contributed by atoms with Crippen molar-refractivity contribution in [3.63, 3.8) is 0 Å². The van der Waals surface area contributed by atoms with Gasteiger partial charge in [0.1, 0.15) is 11.1 Å². The van der Waals surface area contributed by atoms with E-state index in [4.69, 9.17) is 9.15 Å². The van der Waals surface area contributed by atoms with E-state index in [9.17, 15) is 14.4 Å². The van der Waals surface area contributed by atoms with Crippen LogP contribution in [0.2, 0.25) is 0 Å². The van der Waals surface area contributed by atoms with Crippen molar-refractivity contribution in [1.82, 2.24) is 19.8 Å². The number of para-hydroxylation sites is 1. The van der Waals surface area contributed by atoms with E-state index >= 15 is 0 Å². The summed E-state index contributed by atoms with van der Waals surface area (Å²) < 4.78 is 12.5. The van der Waals surface area contributed by atoms with Crippen LogP contribution in [-0.2, 0) is 4.74 Å². The molecule has 2 atom stereocenters. The molecule has 2 aliphatic rings. The summed E-state index contributed by atoms with van der Waals surface area (Å²) in [7, 11) is 0. The lowest BCUT2D eigenvalue weighted by molar-refractivity contribution is -0.0461. The number of ether oxygens (including phenoxy) is 1. The Morgan fingerprint density at radius 2 is 2.06 bits per heavy atom. The molecule has 9 nitrogen and oxygen atoms in total. The molecule has 162 valence electrons. The van der Waals surface area contributed by atoms with Gasteiger partial charge >= 0.3 is 5.69 Å². The van der Waals surface area contributed by atoms with Gasteiger partial charge in [-0.25, -0.2) is 9.36 Å². The van der Waals surface area contributed by atoms with Crippen LogP contribution in [0.3, 0.4) is 0 Å². The minimum Gasteiger partial charge on any atom is -0.444 e.